The number of nitro groups is 1. The largest absolute Gasteiger partial charge is 0.368 e. The lowest BCUT2D eigenvalue weighted by Gasteiger charge is -2.05. The number of nitrogens with zero attached hydrogens (tertiary/aromatic N) is 4. The summed E-state index contributed by atoms with van der Waals surface area (Å²) in [5.41, 5.74) is 5.79. The van der Waals surface area contributed by atoms with Crippen molar-refractivity contribution in [3.05, 3.63) is 40.7 Å². The molecule has 1 aromatic carbocycles. The van der Waals surface area contributed by atoms with Gasteiger partial charge in [0.15, 0.2) is 5.82 Å². The third kappa shape index (κ3) is 2.57. The molecule has 2 aromatic rings. The predicted octanol–water partition coefficient (Wildman–Crippen LogP) is 0.900. The van der Waals surface area contributed by atoms with E-state index in [1.54, 1.807) is 19.1 Å². The molecule has 2 rings (SSSR count). The summed E-state index contributed by atoms with van der Waals surface area (Å²) in [5.74, 6) is -0.136. The van der Waals surface area contributed by atoms with Gasteiger partial charge in [0, 0.05) is 17.7 Å². The van der Waals surface area contributed by atoms with E-state index in [4.69, 9.17) is 5.73 Å². The van der Waals surface area contributed by atoms with Gasteiger partial charge in [-0.2, -0.15) is 5.10 Å². The molecule has 0 radical (unpaired) electrons. The lowest BCUT2D eigenvalue weighted by atomic mass is 10.2. The van der Waals surface area contributed by atoms with Crippen molar-refractivity contribution in [2.45, 2.75) is 13.0 Å². The highest BCUT2D eigenvalue weighted by molar-refractivity contribution is 5.77. The van der Waals surface area contributed by atoms with E-state index in [0.29, 0.717) is 11.4 Å². The second-order valence-corrected chi connectivity index (χ2v) is 3.93. The fourth-order valence-electron chi connectivity index (χ4n) is 1.46. The fourth-order valence-corrected chi connectivity index (χ4v) is 1.46. The number of carbonyl (C=O) groups is 1. The molecule has 8 heteroatoms. The molecule has 0 fully saturated rings. The van der Waals surface area contributed by atoms with E-state index >= 15 is 0 Å². The first kappa shape index (κ1) is 12.7. The first-order valence-electron chi connectivity index (χ1n) is 5.44. The molecule has 0 saturated heterocycles. The van der Waals surface area contributed by atoms with Gasteiger partial charge in [0.2, 0.25) is 5.91 Å². The summed E-state index contributed by atoms with van der Waals surface area (Å²) < 4.78 is 1.35. The van der Waals surface area contributed by atoms with Crippen LogP contribution in [0.15, 0.2) is 30.6 Å². The minimum Gasteiger partial charge on any atom is -0.368 e. The Morgan fingerprint density at radius 1 is 1.42 bits per heavy atom. The number of aromatic nitrogens is 3. The second-order valence-electron chi connectivity index (χ2n) is 3.93. The Morgan fingerprint density at radius 2 is 2.05 bits per heavy atom. The van der Waals surface area contributed by atoms with Crippen molar-refractivity contribution in [3.63, 3.8) is 0 Å². The van der Waals surface area contributed by atoms with Crippen LogP contribution in [0.5, 0.6) is 0 Å². The monoisotopic (exact) mass is 261 g/mol. The topological polar surface area (TPSA) is 117 Å². The zero-order valence-corrected chi connectivity index (χ0v) is 10.1. The van der Waals surface area contributed by atoms with Gasteiger partial charge in [0.1, 0.15) is 12.4 Å². The van der Waals surface area contributed by atoms with Gasteiger partial charge in [-0.05, 0) is 19.1 Å². The van der Waals surface area contributed by atoms with Crippen LogP contribution < -0.4 is 5.73 Å². The Hall–Kier alpha value is -2.77. The molecular formula is C11H11N5O3. The minimum atomic E-state index is -0.598. The smallest absolute Gasteiger partial charge is 0.269 e. The van der Waals surface area contributed by atoms with Crippen molar-refractivity contribution < 1.29 is 9.72 Å². The van der Waals surface area contributed by atoms with E-state index in [9.17, 15) is 14.9 Å². The van der Waals surface area contributed by atoms with Crippen LogP contribution in [0.1, 0.15) is 13.0 Å². The molecule has 1 atom stereocenters. The van der Waals surface area contributed by atoms with Crippen molar-refractivity contribution in [1.82, 2.24) is 14.8 Å². The first-order chi connectivity index (χ1) is 8.99. The molecule has 0 aliphatic carbocycles. The van der Waals surface area contributed by atoms with Crippen LogP contribution in [0.25, 0.3) is 11.4 Å². The number of rotatable bonds is 4. The summed E-state index contributed by atoms with van der Waals surface area (Å²) in [6.07, 6.45) is 1.40. The van der Waals surface area contributed by atoms with E-state index in [1.165, 1.54) is 23.1 Å². The van der Waals surface area contributed by atoms with E-state index in [2.05, 4.69) is 10.1 Å². The second kappa shape index (κ2) is 4.84. The Bertz CT molecular complexity index is 620. The molecule has 0 bridgehead atoms. The first-order valence-corrected chi connectivity index (χ1v) is 5.44. The maximum absolute atomic E-state index is 11.0. The van der Waals surface area contributed by atoms with E-state index in [-0.39, 0.29) is 5.69 Å². The number of hydrogen-bond donors (Lipinski definition) is 1. The van der Waals surface area contributed by atoms with Gasteiger partial charge in [0.25, 0.3) is 5.69 Å². The highest BCUT2D eigenvalue weighted by Crippen LogP contribution is 2.19. The third-order valence-corrected chi connectivity index (χ3v) is 2.65. The summed E-state index contributed by atoms with van der Waals surface area (Å²) in [7, 11) is 0. The average molecular weight is 261 g/mol. The number of carbonyl (C=O) groups excluding carboxylic acids is 1. The summed E-state index contributed by atoms with van der Waals surface area (Å²) in [5, 5.41) is 14.6. The highest BCUT2D eigenvalue weighted by atomic mass is 16.6. The van der Waals surface area contributed by atoms with Crippen LogP contribution in [-0.2, 0) is 4.79 Å². The maximum atomic E-state index is 11.0. The molecule has 8 nitrogen and oxygen atoms in total. The third-order valence-electron chi connectivity index (χ3n) is 2.65. The fraction of sp³-hybridized carbons (Fsp3) is 0.182. The van der Waals surface area contributed by atoms with Crippen LogP contribution in [0.3, 0.4) is 0 Å². The van der Waals surface area contributed by atoms with Crippen molar-refractivity contribution in [2.75, 3.05) is 0 Å². The molecule has 1 amide bonds. The van der Waals surface area contributed by atoms with E-state index in [1.807, 2.05) is 0 Å². The number of non-ortho nitro benzene ring substituents is 1. The maximum Gasteiger partial charge on any atom is 0.269 e. The lowest BCUT2D eigenvalue weighted by Crippen LogP contribution is -2.24. The van der Waals surface area contributed by atoms with Crippen molar-refractivity contribution in [2.24, 2.45) is 5.73 Å². The molecule has 0 aliphatic heterocycles. The molecule has 0 spiro atoms. The number of benzene rings is 1. The highest BCUT2D eigenvalue weighted by Gasteiger charge is 2.14. The quantitative estimate of drug-likeness (QED) is 0.648. The summed E-state index contributed by atoms with van der Waals surface area (Å²) in [4.78, 5) is 25.1. The van der Waals surface area contributed by atoms with Crippen molar-refractivity contribution in [3.8, 4) is 11.4 Å². The van der Waals surface area contributed by atoms with Gasteiger partial charge in [-0.25, -0.2) is 9.67 Å². The average Bonchev–Trinajstić information content (AvgIpc) is 2.87. The molecule has 1 aromatic heterocycles. The Morgan fingerprint density at radius 3 is 2.58 bits per heavy atom. The van der Waals surface area contributed by atoms with Crippen LogP contribution >= 0.6 is 0 Å². The molecule has 0 aliphatic rings. The summed E-state index contributed by atoms with van der Waals surface area (Å²) in [6.45, 7) is 1.61. The Kier molecular flexibility index (Phi) is 3.23. The standard InChI is InChI=1S/C11H11N5O3/c1-7(10(12)17)15-6-13-11(14-15)8-2-4-9(5-3-8)16(18)19/h2-7H,1H3,(H2,12,17). The number of hydrogen-bond acceptors (Lipinski definition) is 5. The van der Waals surface area contributed by atoms with E-state index < -0.39 is 16.9 Å². The lowest BCUT2D eigenvalue weighted by molar-refractivity contribution is -0.384. The minimum absolute atomic E-state index is 0.00585. The Labute approximate surface area is 108 Å². The van der Waals surface area contributed by atoms with Crippen molar-refractivity contribution in [1.29, 1.82) is 0 Å². The van der Waals surface area contributed by atoms with E-state index in [0.717, 1.165) is 0 Å². The SMILES string of the molecule is CC(C(N)=O)n1cnc(-c2ccc([N+](=O)[O-])cc2)n1. The van der Waals surface area contributed by atoms with Gasteiger partial charge in [0.05, 0.1) is 4.92 Å². The van der Waals surface area contributed by atoms with Crippen LogP contribution in [0.4, 0.5) is 5.69 Å². The molecule has 19 heavy (non-hydrogen) atoms. The van der Waals surface area contributed by atoms with Crippen LogP contribution in [0.2, 0.25) is 0 Å². The number of primary amides is 1. The van der Waals surface area contributed by atoms with Gasteiger partial charge < -0.3 is 5.73 Å². The molecule has 0 saturated carbocycles. The predicted molar refractivity (Wildman–Crippen MR) is 66.0 cm³/mol. The number of amides is 1. The molecular weight excluding hydrogens is 250 g/mol. The molecule has 1 unspecified atom stereocenters. The molecule has 2 N–H and O–H groups in total. The van der Waals surface area contributed by atoms with Crippen LogP contribution in [-0.4, -0.2) is 25.6 Å². The van der Waals surface area contributed by atoms with Gasteiger partial charge in [-0.3, -0.25) is 14.9 Å². The Balaban J connectivity index is 2.27. The number of nitrogens with two attached hydrogens (primary N) is 1. The van der Waals surface area contributed by atoms with Gasteiger partial charge in [-0.15, -0.1) is 0 Å². The normalized spacial score (nSPS) is 12.1. The summed E-state index contributed by atoms with van der Waals surface area (Å²) in [6, 6.07) is 5.24. The van der Waals surface area contributed by atoms with Crippen LogP contribution in [0, 0.1) is 10.1 Å². The summed E-state index contributed by atoms with van der Waals surface area (Å²) >= 11 is 0. The zero-order chi connectivity index (χ0) is 14.0. The van der Waals surface area contributed by atoms with Gasteiger partial charge >= 0.3 is 0 Å². The molecule has 1 heterocycles. The van der Waals surface area contributed by atoms with Gasteiger partial charge in [-0.1, -0.05) is 0 Å². The molecule has 98 valence electrons. The number of nitro benzene ring substituents is 1. The zero-order valence-electron chi connectivity index (χ0n) is 10.1. The van der Waals surface area contributed by atoms with Crippen molar-refractivity contribution >= 4 is 11.6 Å².